The molecule has 20 heavy (non-hydrogen) atoms. The molecule has 3 aliphatic rings. The van der Waals surface area contributed by atoms with E-state index in [1.54, 1.807) is 0 Å². The van der Waals surface area contributed by atoms with Gasteiger partial charge in [0, 0.05) is 19.0 Å². The summed E-state index contributed by atoms with van der Waals surface area (Å²) in [6.07, 6.45) is 8.95. The van der Waals surface area contributed by atoms with Crippen molar-refractivity contribution in [3.05, 3.63) is 0 Å². The number of hydrogen-bond donors (Lipinski definition) is 1. The maximum absolute atomic E-state index is 13.1. The molecule has 3 rings (SSSR count). The summed E-state index contributed by atoms with van der Waals surface area (Å²) in [7, 11) is 0. The molecule has 1 aliphatic heterocycles. The normalized spacial score (nSPS) is 34.1. The summed E-state index contributed by atoms with van der Waals surface area (Å²) >= 11 is 0. The van der Waals surface area contributed by atoms with Gasteiger partial charge in [0.15, 0.2) is 0 Å². The second-order valence-electron chi connectivity index (χ2n) is 6.92. The molecular formula is C16H26N2O2. The van der Waals surface area contributed by atoms with Crippen molar-refractivity contribution in [2.45, 2.75) is 76.3 Å². The van der Waals surface area contributed by atoms with E-state index in [2.05, 4.69) is 17.1 Å². The van der Waals surface area contributed by atoms with E-state index in [1.807, 2.05) is 0 Å². The molecule has 0 aromatic rings. The molecule has 2 amide bonds. The van der Waals surface area contributed by atoms with Gasteiger partial charge in [-0.3, -0.25) is 9.59 Å². The third kappa shape index (κ3) is 2.33. The van der Waals surface area contributed by atoms with Gasteiger partial charge in [-0.1, -0.05) is 32.6 Å². The highest BCUT2D eigenvalue weighted by Crippen LogP contribution is 2.36. The average Bonchev–Trinajstić information content (AvgIpc) is 2.81. The van der Waals surface area contributed by atoms with Gasteiger partial charge in [-0.15, -0.1) is 0 Å². The van der Waals surface area contributed by atoms with Crippen LogP contribution in [-0.4, -0.2) is 34.8 Å². The first-order chi connectivity index (χ1) is 9.62. The van der Waals surface area contributed by atoms with Crippen molar-refractivity contribution in [3.63, 3.8) is 0 Å². The number of rotatable bonds is 1. The molecule has 0 aromatic carbocycles. The molecule has 3 fully saturated rings. The van der Waals surface area contributed by atoms with Gasteiger partial charge >= 0.3 is 0 Å². The zero-order valence-electron chi connectivity index (χ0n) is 12.5. The van der Waals surface area contributed by atoms with Gasteiger partial charge in [0.1, 0.15) is 5.54 Å². The highest BCUT2D eigenvalue weighted by Gasteiger charge is 2.47. The van der Waals surface area contributed by atoms with E-state index < -0.39 is 5.54 Å². The van der Waals surface area contributed by atoms with Gasteiger partial charge in [-0.05, 0) is 31.6 Å². The van der Waals surface area contributed by atoms with Crippen LogP contribution in [0.5, 0.6) is 0 Å². The summed E-state index contributed by atoms with van der Waals surface area (Å²) < 4.78 is 0. The van der Waals surface area contributed by atoms with Crippen LogP contribution in [0.3, 0.4) is 0 Å². The van der Waals surface area contributed by atoms with Crippen molar-refractivity contribution < 1.29 is 9.59 Å². The molecule has 1 saturated heterocycles. The molecule has 1 spiro atoms. The van der Waals surface area contributed by atoms with Gasteiger partial charge in [-0.25, -0.2) is 0 Å². The molecule has 0 bridgehead atoms. The average molecular weight is 278 g/mol. The summed E-state index contributed by atoms with van der Waals surface area (Å²) in [5, 5.41) is 3.08. The molecule has 1 N–H and O–H groups in total. The Morgan fingerprint density at radius 2 is 1.85 bits per heavy atom. The van der Waals surface area contributed by atoms with Crippen molar-refractivity contribution in [2.75, 3.05) is 6.54 Å². The zero-order valence-corrected chi connectivity index (χ0v) is 12.5. The predicted octanol–water partition coefficient (Wildman–Crippen LogP) is 2.23. The van der Waals surface area contributed by atoms with Crippen LogP contribution in [0.25, 0.3) is 0 Å². The Labute approximate surface area is 121 Å². The maximum atomic E-state index is 13.1. The fraction of sp³-hybridized carbons (Fsp3) is 0.875. The van der Waals surface area contributed by atoms with Crippen molar-refractivity contribution >= 4 is 11.8 Å². The summed E-state index contributed by atoms with van der Waals surface area (Å²) in [6, 6.07) is 0.356. The highest BCUT2D eigenvalue weighted by atomic mass is 16.2. The van der Waals surface area contributed by atoms with Crippen LogP contribution in [0.2, 0.25) is 0 Å². The molecule has 0 aromatic heterocycles. The molecule has 2 atom stereocenters. The third-order valence-electron chi connectivity index (χ3n) is 5.55. The predicted molar refractivity (Wildman–Crippen MR) is 77.1 cm³/mol. The second-order valence-corrected chi connectivity index (χ2v) is 6.92. The number of hydrogen-bond acceptors (Lipinski definition) is 2. The van der Waals surface area contributed by atoms with E-state index in [1.165, 1.54) is 19.3 Å². The summed E-state index contributed by atoms with van der Waals surface area (Å²) in [4.78, 5) is 27.2. The van der Waals surface area contributed by atoms with Crippen LogP contribution >= 0.6 is 0 Å². The first kappa shape index (κ1) is 13.9. The molecule has 4 heteroatoms. The molecule has 112 valence electrons. The van der Waals surface area contributed by atoms with Crippen LogP contribution in [0.4, 0.5) is 0 Å². The Morgan fingerprint density at radius 3 is 2.50 bits per heavy atom. The zero-order chi connectivity index (χ0) is 14.2. The van der Waals surface area contributed by atoms with Crippen LogP contribution in [-0.2, 0) is 9.59 Å². The van der Waals surface area contributed by atoms with Crippen LogP contribution in [0, 0.1) is 5.92 Å². The monoisotopic (exact) mass is 278 g/mol. The Balaban J connectivity index is 1.87. The van der Waals surface area contributed by atoms with Crippen molar-refractivity contribution in [3.8, 4) is 0 Å². The van der Waals surface area contributed by atoms with E-state index >= 15 is 0 Å². The molecule has 2 unspecified atom stereocenters. The SMILES string of the molecule is CC1CCCC1N1CCC(=O)NC2(CCCCC2)C1=O. The minimum Gasteiger partial charge on any atom is -0.342 e. The summed E-state index contributed by atoms with van der Waals surface area (Å²) in [5.41, 5.74) is -0.575. The van der Waals surface area contributed by atoms with E-state index in [0.717, 1.165) is 32.1 Å². The summed E-state index contributed by atoms with van der Waals surface area (Å²) in [6.45, 7) is 2.86. The molecule has 1 heterocycles. The number of amides is 2. The number of nitrogens with one attached hydrogen (secondary N) is 1. The number of nitrogens with zero attached hydrogens (tertiary/aromatic N) is 1. The van der Waals surface area contributed by atoms with Crippen LogP contribution in [0.15, 0.2) is 0 Å². The lowest BCUT2D eigenvalue weighted by Crippen LogP contribution is -2.59. The smallest absolute Gasteiger partial charge is 0.248 e. The standard InChI is InChI=1S/C16H26N2O2/c1-12-6-5-7-13(12)18-11-8-14(19)17-16(15(18)20)9-3-2-4-10-16/h12-13H,2-11H2,1H3,(H,17,19). The van der Waals surface area contributed by atoms with Gasteiger partial charge in [0.05, 0.1) is 0 Å². The third-order valence-corrected chi connectivity index (χ3v) is 5.55. The maximum Gasteiger partial charge on any atom is 0.248 e. The Morgan fingerprint density at radius 1 is 1.10 bits per heavy atom. The topological polar surface area (TPSA) is 49.4 Å². The highest BCUT2D eigenvalue weighted by molar-refractivity contribution is 5.93. The lowest BCUT2D eigenvalue weighted by molar-refractivity contribution is -0.143. The first-order valence-electron chi connectivity index (χ1n) is 8.24. The second kappa shape index (κ2) is 5.38. The van der Waals surface area contributed by atoms with Crippen LogP contribution in [0.1, 0.15) is 64.7 Å². The fourth-order valence-electron chi connectivity index (χ4n) is 4.38. The van der Waals surface area contributed by atoms with Gasteiger partial charge < -0.3 is 10.2 Å². The largest absolute Gasteiger partial charge is 0.342 e. The lowest BCUT2D eigenvalue weighted by atomic mass is 9.80. The first-order valence-corrected chi connectivity index (χ1v) is 8.24. The van der Waals surface area contributed by atoms with E-state index in [0.29, 0.717) is 24.9 Å². The Hall–Kier alpha value is -1.06. The van der Waals surface area contributed by atoms with E-state index in [4.69, 9.17) is 0 Å². The van der Waals surface area contributed by atoms with Crippen LogP contribution < -0.4 is 5.32 Å². The van der Waals surface area contributed by atoms with Gasteiger partial charge in [0.25, 0.3) is 0 Å². The summed E-state index contributed by atoms with van der Waals surface area (Å²) in [5.74, 6) is 0.850. The number of carbonyl (C=O) groups is 2. The van der Waals surface area contributed by atoms with Crippen molar-refractivity contribution in [1.82, 2.24) is 10.2 Å². The molecule has 2 aliphatic carbocycles. The minimum absolute atomic E-state index is 0.0633. The van der Waals surface area contributed by atoms with E-state index in [-0.39, 0.29) is 11.8 Å². The molecule has 0 radical (unpaired) electrons. The van der Waals surface area contributed by atoms with Gasteiger partial charge in [-0.2, -0.15) is 0 Å². The fourth-order valence-corrected chi connectivity index (χ4v) is 4.38. The quantitative estimate of drug-likeness (QED) is 0.799. The van der Waals surface area contributed by atoms with Gasteiger partial charge in [0.2, 0.25) is 11.8 Å². The molecular weight excluding hydrogens is 252 g/mol. The molecule has 4 nitrogen and oxygen atoms in total. The van der Waals surface area contributed by atoms with Crippen molar-refractivity contribution in [1.29, 1.82) is 0 Å². The minimum atomic E-state index is -0.575. The number of carbonyl (C=O) groups excluding carboxylic acids is 2. The Bertz CT molecular complexity index is 401. The van der Waals surface area contributed by atoms with Crippen molar-refractivity contribution in [2.24, 2.45) is 5.92 Å². The van der Waals surface area contributed by atoms with E-state index in [9.17, 15) is 9.59 Å². The lowest BCUT2D eigenvalue weighted by Gasteiger charge is -2.40. The Kier molecular flexibility index (Phi) is 3.74. The molecule has 2 saturated carbocycles.